The number of nitrogens with one attached hydrogen (secondary N) is 1. The lowest BCUT2D eigenvalue weighted by Crippen LogP contribution is -2.53. The zero-order valence-corrected chi connectivity index (χ0v) is 12.9. The highest BCUT2D eigenvalue weighted by atomic mass is 16.4. The van der Waals surface area contributed by atoms with Crippen LogP contribution < -0.4 is 5.32 Å². The molecule has 3 atom stereocenters. The van der Waals surface area contributed by atoms with Crippen molar-refractivity contribution in [2.24, 2.45) is 5.92 Å². The molecule has 1 aliphatic rings. The van der Waals surface area contributed by atoms with Crippen LogP contribution in [0, 0.1) is 5.92 Å². The number of carboxylic acids is 1. The first-order valence-electron chi connectivity index (χ1n) is 7.61. The number of hydrogen-bond acceptors (Lipinski definition) is 3. The minimum atomic E-state index is -0.795. The molecule has 0 aromatic carbocycles. The van der Waals surface area contributed by atoms with E-state index in [0.29, 0.717) is 12.5 Å². The van der Waals surface area contributed by atoms with Gasteiger partial charge in [0, 0.05) is 19.1 Å². The number of aliphatic carboxylic acids is 1. The molecule has 0 spiro atoms. The molecule has 0 amide bonds. The molecule has 2 N–H and O–H groups in total. The van der Waals surface area contributed by atoms with E-state index in [0.717, 1.165) is 32.0 Å². The average Bonchev–Trinajstić information content (AvgIpc) is 2.37. The standard InChI is InChI=1S/C15H30N2O2/c1-5-9-16-15(4,14(18)19)8-10-17-11-12(2)6-7-13(17)3/h12-13,16H,5-11H2,1-4H3,(H,18,19). The number of nitrogens with zero attached hydrogens (tertiary/aromatic N) is 1. The van der Waals surface area contributed by atoms with E-state index in [-0.39, 0.29) is 0 Å². The van der Waals surface area contributed by atoms with Crippen LogP contribution >= 0.6 is 0 Å². The summed E-state index contributed by atoms with van der Waals surface area (Å²) < 4.78 is 0. The Morgan fingerprint density at radius 3 is 2.68 bits per heavy atom. The Kier molecular flexibility index (Phi) is 6.27. The Hall–Kier alpha value is -0.610. The molecule has 112 valence electrons. The maximum absolute atomic E-state index is 11.5. The van der Waals surface area contributed by atoms with E-state index in [4.69, 9.17) is 0 Å². The lowest BCUT2D eigenvalue weighted by atomic mass is 9.92. The van der Waals surface area contributed by atoms with Gasteiger partial charge in [-0.05, 0) is 52.0 Å². The van der Waals surface area contributed by atoms with Gasteiger partial charge in [-0.3, -0.25) is 4.79 Å². The molecule has 1 aliphatic heterocycles. The maximum atomic E-state index is 11.5. The zero-order chi connectivity index (χ0) is 14.5. The summed E-state index contributed by atoms with van der Waals surface area (Å²) in [4.78, 5) is 13.9. The van der Waals surface area contributed by atoms with Gasteiger partial charge in [-0.1, -0.05) is 13.8 Å². The quantitative estimate of drug-likeness (QED) is 0.745. The molecular formula is C15H30N2O2. The maximum Gasteiger partial charge on any atom is 0.323 e. The molecular weight excluding hydrogens is 240 g/mol. The molecule has 1 fully saturated rings. The SMILES string of the molecule is CCCNC(C)(CCN1CC(C)CCC1C)C(=O)O. The van der Waals surface area contributed by atoms with Gasteiger partial charge in [-0.2, -0.15) is 0 Å². The van der Waals surface area contributed by atoms with E-state index in [2.05, 4.69) is 31.0 Å². The highest BCUT2D eigenvalue weighted by molar-refractivity contribution is 5.78. The van der Waals surface area contributed by atoms with E-state index in [9.17, 15) is 9.90 Å². The summed E-state index contributed by atoms with van der Waals surface area (Å²) in [6.45, 7) is 11.1. The fourth-order valence-corrected chi connectivity index (χ4v) is 2.73. The van der Waals surface area contributed by atoms with Crippen molar-refractivity contribution >= 4 is 5.97 Å². The number of hydrogen-bond donors (Lipinski definition) is 2. The third-order valence-electron chi connectivity index (χ3n) is 4.38. The second-order valence-electron chi connectivity index (χ2n) is 6.34. The summed E-state index contributed by atoms with van der Waals surface area (Å²) in [5.74, 6) is -0.00505. The molecule has 4 heteroatoms. The Morgan fingerprint density at radius 1 is 1.42 bits per heavy atom. The number of carbonyl (C=O) groups is 1. The van der Waals surface area contributed by atoms with Crippen LogP contribution in [0.15, 0.2) is 0 Å². The summed E-state index contributed by atoms with van der Waals surface area (Å²) >= 11 is 0. The molecule has 19 heavy (non-hydrogen) atoms. The minimum Gasteiger partial charge on any atom is -0.480 e. The summed E-state index contributed by atoms with van der Waals surface area (Å²) in [6.07, 6.45) is 4.15. The summed E-state index contributed by atoms with van der Waals surface area (Å²) in [5.41, 5.74) is -0.795. The highest BCUT2D eigenvalue weighted by Gasteiger charge is 2.33. The molecule has 1 rings (SSSR count). The van der Waals surface area contributed by atoms with Crippen molar-refractivity contribution in [2.75, 3.05) is 19.6 Å². The van der Waals surface area contributed by atoms with Crippen LogP contribution in [-0.4, -0.2) is 47.2 Å². The van der Waals surface area contributed by atoms with E-state index in [1.54, 1.807) is 0 Å². The van der Waals surface area contributed by atoms with Gasteiger partial charge in [0.05, 0.1) is 0 Å². The van der Waals surface area contributed by atoms with Gasteiger partial charge in [-0.15, -0.1) is 0 Å². The lowest BCUT2D eigenvalue weighted by Gasteiger charge is -2.38. The smallest absolute Gasteiger partial charge is 0.323 e. The van der Waals surface area contributed by atoms with Crippen LogP contribution in [0.3, 0.4) is 0 Å². The van der Waals surface area contributed by atoms with Crippen molar-refractivity contribution in [1.29, 1.82) is 0 Å². The summed E-state index contributed by atoms with van der Waals surface area (Å²) in [6, 6.07) is 0.584. The van der Waals surface area contributed by atoms with E-state index < -0.39 is 11.5 Å². The van der Waals surface area contributed by atoms with Crippen LogP contribution in [0.1, 0.15) is 53.4 Å². The fraction of sp³-hybridized carbons (Fsp3) is 0.933. The second kappa shape index (κ2) is 7.25. The molecule has 0 radical (unpaired) electrons. The normalized spacial score (nSPS) is 28.0. The third kappa shape index (κ3) is 4.77. The van der Waals surface area contributed by atoms with Gasteiger partial charge in [0.15, 0.2) is 0 Å². The molecule has 0 aliphatic carbocycles. The average molecular weight is 270 g/mol. The Bertz CT molecular complexity index is 296. The Labute approximate surface area is 117 Å². The first kappa shape index (κ1) is 16.4. The topological polar surface area (TPSA) is 52.6 Å². The van der Waals surface area contributed by atoms with Crippen molar-refractivity contribution in [3.05, 3.63) is 0 Å². The molecule has 1 heterocycles. The zero-order valence-electron chi connectivity index (χ0n) is 12.9. The summed E-state index contributed by atoms with van der Waals surface area (Å²) in [5, 5.41) is 12.6. The molecule has 0 aromatic heterocycles. The van der Waals surface area contributed by atoms with E-state index >= 15 is 0 Å². The van der Waals surface area contributed by atoms with Crippen molar-refractivity contribution < 1.29 is 9.90 Å². The van der Waals surface area contributed by atoms with Crippen LogP contribution in [0.4, 0.5) is 0 Å². The van der Waals surface area contributed by atoms with Crippen LogP contribution in [0.2, 0.25) is 0 Å². The second-order valence-corrected chi connectivity index (χ2v) is 6.34. The minimum absolute atomic E-state index is 0.584. The van der Waals surface area contributed by atoms with Gasteiger partial charge >= 0.3 is 5.97 Å². The predicted octanol–water partition coefficient (Wildman–Crippen LogP) is 2.34. The molecule has 1 saturated heterocycles. The lowest BCUT2D eigenvalue weighted by molar-refractivity contribution is -0.144. The van der Waals surface area contributed by atoms with Crippen molar-refractivity contribution in [3.8, 4) is 0 Å². The Balaban J connectivity index is 2.53. The third-order valence-corrected chi connectivity index (χ3v) is 4.38. The molecule has 0 saturated carbocycles. The van der Waals surface area contributed by atoms with Gasteiger partial charge in [0.2, 0.25) is 0 Å². The van der Waals surface area contributed by atoms with Crippen LogP contribution in [0.25, 0.3) is 0 Å². The van der Waals surface area contributed by atoms with Crippen molar-refractivity contribution in [2.45, 2.75) is 65.0 Å². The first-order chi connectivity index (χ1) is 8.89. The first-order valence-corrected chi connectivity index (χ1v) is 7.61. The van der Waals surface area contributed by atoms with Crippen LogP contribution in [-0.2, 0) is 4.79 Å². The van der Waals surface area contributed by atoms with E-state index in [1.165, 1.54) is 12.8 Å². The highest BCUT2D eigenvalue weighted by Crippen LogP contribution is 2.23. The molecule has 0 bridgehead atoms. The van der Waals surface area contributed by atoms with Gasteiger partial charge in [0.1, 0.15) is 5.54 Å². The van der Waals surface area contributed by atoms with Crippen molar-refractivity contribution in [3.63, 3.8) is 0 Å². The van der Waals surface area contributed by atoms with Crippen molar-refractivity contribution in [1.82, 2.24) is 10.2 Å². The van der Waals surface area contributed by atoms with Gasteiger partial charge in [-0.25, -0.2) is 0 Å². The predicted molar refractivity (Wildman–Crippen MR) is 78.4 cm³/mol. The number of carboxylic acid groups (broad SMARTS) is 1. The molecule has 3 unspecified atom stereocenters. The largest absolute Gasteiger partial charge is 0.480 e. The number of piperidine rings is 1. The Morgan fingerprint density at radius 2 is 2.11 bits per heavy atom. The van der Waals surface area contributed by atoms with Gasteiger partial charge < -0.3 is 15.3 Å². The number of likely N-dealkylation sites (tertiary alicyclic amines) is 1. The molecule has 4 nitrogen and oxygen atoms in total. The van der Waals surface area contributed by atoms with E-state index in [1.807, 2.05) is 6.92 Å². The van der Waals surface area contributed by atoms with Crippen LogP contribution in [0.5, 0.6) is 0 Å². The van der Waals surface area contributed by atoms with Gasteiger partial charge in [0.25, 0.3) is 0 Å². The molecule has 0 aromatic rings. The fourth-order valence-electron chi connectivity index (χ4n) is 2.73. The summed E-state index contributed by atoms with van der Waals surface area (Å²) in [7, 11) is 0. The monoisotopic (exact) mass is 270 g/mol. The number of rotatable bonds is 7.